The predicted molar refractivity (Wildman–Crippen MR) is 189 cm³/mol. The number of quaternary nitrogens is 1. The van der Waals surface area contributed by atoms with E-state index >= 15 is 0 Å². The van der Waals surface area contributed by atoms with E-state index in [1.165, 1.54) is 19.2 Å². The number of amides is 3. The number of hydrogen-bond acceptors (Lipinski definition) is 14. The van der Waals surface area contributed by atoms with E-state index in [0.717, 1.165) is 18.2 Å². The number of ether oxygens (including phenoxy) is 3. The monoisotopic (exact) mass is 1490 g/mol. The Kier molecular flexibility index (Phi) is 19.9. The number of carbonyl (C=O) groups is 5. The molecule has 33 heteroatoms. The third kappa shape index (κ3) is 18.1. The van der Waals surface area contributed by atoms with Crippen LogP contribution in [0.3, 0.4) is 0 Å². The van der Waals surface area contributed by atoms with Crippen molar-refractivity contribution in [3.05, 3.63) is 29.3 Å². The van der Waals surface area contributed by atoms with E-state index in [9.17, 15) is 72.6 Å². The number of phosphoric acid groups is 2. The molecule has 1 aromatic carbocycles. The number of benzene rings is 1. The first-order valence-corrected chi connectivity index (χ1v) is 21.2. The second-order valence-electron chi connectivity index (χ2n) is 14.1. The minimum absolute atomic E-state index is 0. The van der Waals surface area contributed by atoms with Gasteiger partial charge in [0.1, 0.15) is 24.0 Å². The second-order valence-corrected chi connectivity index (χ2v) is 16.9. The second kappa shape index (κ2) is 22.7. The van der Waals surface area contributed by atoms with Crippen molar-refractivity contribution in [2.24, 2.45) is 5.92 Å². The van der Waals surface area contributed by atoms with Crippen LogP contribution in [0.5, 0.6) is 5.75 Å². The van der Waals surface area contributed by atoms with E-state index in [1.807, 2.05) is 0 Å². The average molecular weight is 1490 g/mol. The minimum Gasteiger partial charge on any atom is -0.454 e. The van der Waals surface area contributed by atoms with E-state index in [0.29, 0.717) is 4.90 Å². The van der Waals surface area contributed by atoms with Gasteiger partial charge in [0, 0.05) is 31.8 Å². The van der Waals surface area contributed by atoms with Gasteiger partial charge in [0.25, 0.3) is 0 Å². The molecule has 65 heavy (non-hydrogen) atoms. The summed E-state index contributed by atoms with van der Waals surface area (Å²) >= 11 is 0. The van der Waals surface area contributed by atoms with Crippen LogP contribution < -0.4 is 15.2 Å². The quantitative estimate of drug-likeness (QED) is 0.0407. The molecule has 1 aromatic rings. The van der Waals surface area contributed by atoms with Gasteiger partial charge in [-0.2, -0.15) is 39.5 Å². The number of nitrogens with one attached hydrogen (secondary N) is 2. The van der Waals surface area contributed by atoms with Crippen molar-refractivity contribution < 1.29 is 119 Å². The maximum atomic E-state index is 14.2. The molecule has 2 fully saturated rings. The van der Waals surface area contributed by atoms with Gasteiger partial charge in [-0.05, 0) is 17.7 Å². The van der Waals surface area contributed by atoms with Crippen molar-refractivity contribution in [3.8, 4) is 5.75 Å². The van der Waals surface area contributed by atoms with Crippen LogP contribution in [0.4, 0.5) is 44.3 Å². The number of alkyl halides is 9. The molecule has 0 saturated carbocycles. The van der Waals surface area contributed by atoms with E-state index in [-0.39, 0.29) is 31.5 Å². The number of carbonyl (C=O) groups excluding carboxylic acids is 5. The largest absolute Gasteiger partial charge is 0.530 e. The summed E-state index contributed by atoms with van der Waals surface area (Å²) in [6.45, 7) is -4.04. The van der Waals surface area contributed by atoms with Crippen LogP contribution in [-0.4, -0.2) is 146 Å². The maximum Gasteiger partial charge on any atom is 0.530 e. The molecular weight excluding hydrogens is 1440 g/mol. The standard InChI is InChI=1S/C32H41F9N4O16P2.2Fm/c1-19(2)23(46)17-55-25(47)22-13-20(5-6-24(22)61-63(54)58-15-21(16-59-63)60-62(51,52)53)14-56-29(50)43-27(31(36,37)38)57-18-45(10-3-7-42-26(48)30(33,34)35)11-4-8-44(9-12-45)28(49)32(39,40)41;;/h5-6,13,19,21,27H,3-4,7-12,14-18H2,1-2H3,(H3-,42,43,48,50,51,52,53);;/p+1. The van der Waals surface area contributed by atoms with Gasteiger partial charge in [0.2, 0.25) is 6.23 Å². The summed E-state index contributed by atoms with van der Waals surface area (Å²) in [7, 11) is -9.66. The van der Waals surface area contributed by atoms with Gasteiger partial charge in [0.05, 0.1) is 39.4 Å². The molecule has 2 unspecified atom stereocenters. The molecular formula is C32H42F9Fm2N4O16P2+. The molecule has 382 valence electrons. The van der Waals surface area contributed by atoms with E-state index in [1.54, 1.807) is 5.32 Å². The Bertz CT molecular complexity index is 1900. The number of nitrogens with zero attached hydrogens (tertiary/aromatic N) is 2. The van der Waals surface area contributed by atoms with Crippen LogP contribution in [0.15, 0.2) is 18.2 Å². The number of ketones is 1. The van der Waals surface area contributed by atoms with E-state index < -0.39 is 157 Å². The van der Waals surface area contributed by atoms with Crippen LogP contribution in [-0.2, 0) is 57.9 Å². The van der Waals surface area contributed by atoms with Crippen LogP contribution >= 0.6 is 15.6 Å². The van der Waals surface area contributed by atoms with Crippen molar-refractivity contribution in [1.82, 2.24) is 15.5 Å². The first kappa shape index (κ1) is 56.9. The fraction of sp³-hybridized carbons (Fsp3) is 0.656. The van der Waals surface area contributed by atoms with Crippen molar-refractivity contribution in [3.63, 3.8) is 0 Å². The average Bonchev–Trinajstić information content (AvgIpc) is 3.38. The Labute approximate surface area is 351 Å². The smallest absolute Gasteiger partial charge is 0.454 e. The van der Waals surface area contributed by atoms with Crippen molar-refractivity contribution in [2.75, 3.05) is 65.8 Å². The molecule has 0 aromatic heterocycles. The van der Waals surface area contributed by atoms with Gasteiger partial charge in [0.15, 0.2) is 19.1 Å². The maximum absolute atomic E-state index is 14.2. The molecule has 3 amide bonds. The van der Waals surface area contributed by atoms with Crippen LogP contribution in [0.1, 0.15) is 42.6 Å². The Morgan fingerprint density at radius 2 is 1.58 bits per heavy atom. The Hall–Kier alpha value is -6.08. The summed E-state index contributed by atoms with van der Waals surface area (Å²) in [6, 6.07) is 2.89. The number of Topliss-reactive ketones (excluding diaryl/α,β-unsaturated/α-hetero) is 1. The molecule has 2 aliphatic heterocycles. The summed E-state index contributed by atoms with van der Waals surface area (Å²) in [6.07, 6.45) is -22.9. The van der Waals surface area contributed by atoms with Crippen LogP contribution in [0.2, 0.25) is 0 Å². The van der Waals surface area contributed by atoms with Gasteiger partial charge < -0.3 is 34.0 Å². The minimum atomic E-state index is -5.39. The Morgan fingerprint density at radius 1 is 0.954 bits per heavy atom. The van der Waals surface area contributed by atoms with Crippen LogP contribution in [0, 0.1) is 5.92 Å². The van der Waals surface area contributed by atoms with Crippen molar-refractivity contribution in [2.45, 2.75) is 64.2 Å². The van der Waals surface area contributed by atoms with Crippen molar-refractivity contribution in [1.29, 1.82) is 0 Å². The Balaban J connectivity index is 0.0000106. The van der Waals surface area contributed by atoms with E-state index in [2.05, 4.69) is 4.52 Å². The topological polar surface area (TPSA) is 252 Å². The van der Waals surface area contributed by atoms with Crippen LogP contribution in [0.25, 0.3) is 0 Å². The predicted octanol–water partition coefficient (Wildman–Crippen LogP) is 3.85. The number of phosphoric ester groups is 2. The summed E-state index contributed by atoms with van der Waals surface area (Å²) in [5.74, 6) is -7.56. The SMILES string of the molecule is CC(C)C(=O)COC(=O)c1cc(COC(=O)NC(OC[N+]2(CCCNC(=O)C(F)(F)F)CCCN(C(=O)C(F)(F)F)CC2)C(F)(F)F)ccc1OP1(=O)OCC(OP(=O)(O)O)CO1.[Fm].[Fm]. The summed E-state index contributed by atoms with van der Waals surface area (Å²) in [5.41, 5.74) is -0.770. The number of esters is 1. The molecule has 0 bridgehead atoms. The number of halogens is 9. The number of hydrogen-bond donors (Lipinski definition) is 4. The zero-order valence-corrected chi connectivity index (χ0v) is 40.1. The third-order valence-electron chi connectivity index (χ3n) is 8.80. The molecule has 0 spiro atoms. The van der Waals surface area contributed by atoms with Gasteiger partial charge in [-0.3, -0.25) is 42.5 Å². The van der Waals surface area contributed by atoms with Gasteiger partial charge in [-0.1, -0.05) is 19.9 Å². The molecule has 2 aliphatic rings. The van der Waals surface area contributed by atoms with Crippen molar-refractivity contribution >= 4 is 45.3 Å². The fourth-order valence-corrected chi connectivity index (χ4v) is 7.36. The third-order valence-corrected chi connectivity index (χ3v) is 10.7. The zero-order chi connectivity index (χ0) is 47.6. The first-order chi connectivity index (χ1) is 28.9. The summed E-state index contributed by atoms with van der Waals surface area (Å²) in [5, 5.41) is 2.98. The van der Waals surface area contributed by atoms with Gasteiger partial charge in [-0.15, -0.1) is 0 Å². The molecule has 2 atom stereocenters. The summed E-state index contributed by atoms with van der Waals surface area (Å²) < 4.78 is 178. The molecule has 2 saturated heterocycles. The fourth-order valence-electron chi connectivity index (χ4n) is 5.57. The molecule has 3 rings (SSSR count). The molecule has 20 nitrogen and oxygen atoms in total. The van der Waals surface area contributed by atoms with E-state index in [4.69, 9.17) is 37.6 Å². The normalized spacial score (nSPS) is 21.1. The number of rotatable bonds is 18. The number of alkyl carbamates (subject to hydrolysis) is 1. The summed E-state index contributed by atoms with van der Waals surface area (Å²) in [4.78, 5) is 79.3. The Morgan fingerprint density at radius 3 is 2.14 bits per heavy atom. The molecule has 4 N–H and O–H groups in total. The van der Waals surface area contributed by atoms with Gasteiger partial charge in [-0.25, -0.2) is 18.7 Å². The molecule has 0 aliphatic carbocycles. The van der Waals surface area contributed by atoms with Gasteiger partial charge >= 0.3 is 58.1 Å². The zero-order valence-electron chi connectivity index (χ0n) is 33.5. The first-order valence-electron chi connectivity index (χ1n) is 18.3. The molecule has 2 heterocycles. The molecule has 0 radical (unpaired) electrons.